The van der Waals surface area contributed by atoms with Gasteiger partial charge in [-0.25, -0.2) is 9.37 Å². The number of nitrogens with one attached hydrogen (secondary N) is 2. The molecule has 0 aliphatic carbocycles. The van der Waals surface area contributed by atoms with Crippen LogP contribution in [0.1, 0.15) is 82.7 Å². The number of amides is 4. The number of thiocarbonyl (C=S) groups is 1. The molecule has 5 aromatic rings. The van der Waals surface area contributed by atoms with E-state index in [4.69, 9.17) is 21.7 Å². The predicted octanol–water partition coefficient (Wildman–Crippen LogP) is 9.14. The maximum atomic E-state index is 15.4. The van der Waals surface area contributed by atoms with Crippen molar-refractivity contribution in [3.63, 3.8) is 0 Å². The molecule has 20 heteroatoms. The number of nitrogens with zero attached hydrogens (tertiary/aromatic N) is 6. The number of benzene rings is 3. The fraction of sp³-hybridized carbons (Fsp3) is 0.385. The van der Waals surface area contributed by atoms with E-state index in [1.54, 1.807) is 40.5 Å². The van der Waals surface area contributed by atoms with Gasteiger partial charge in [0, 0.05) is 25.3 Å². The zero-order chi connectivity index (χ0) is 52.1. The number of hydrogen-bond donors (Lipinski definition) is 2. The fourth-order valence-electron chi connectivity index (χ4n) is 8.60. The maximum absolute atomic E-state index is 15.4. The number of likely N-dealkylation sites (tertiary alicyclic amines) is 1. The molecule has 72 heavy (non-hydrogen) atoms. The van der Waals surface area contributed by atoms with Crippen molar-refractivity contribution in [3.05, 3.63) is 113 Å². The van der Waals surface area contributed by atoms with Crippen LogP contribution in [0, 0.1) is 29.5 Å². The summed E-state index contributed by atoms with van der Waals surface area (Å²) in [6.45, 7) is 11.7. The Morgan fingerprint density at radius 3 is 2.29 bits per heavy atom. The van der Waals surface area contributed by atoms with Crippen LogP contribution in [0.5, 0.6) is 5.75 Å². The van der Waals surface area contributed by atoms with E-state index in [0.29, 0.717) is 67.4 Å². The van der Waals surface area contributed by atoms with Crippen LogP contribution in [0.3, 0.4) is 0 Å². The molecule has 2 fully saturated rings. The van der Waals surface area contributed by atoms with Crippen molar-refractivity contribution in [2.75, 3.05) is 36.2 Å². The fourth-order valence-corrected chi connectivity index (χ4v) is 9.93. The normalized spacial score (nSPS) is 16.2. The first-order valence-electron chi connectivity index (χ1n) is 23.2. The zero-order valence-corrected chi connectivity index (χ0v) is 42.2. The van der Waals surface area contributed by atoms with Crippen molar-refractivity contribution in [1.29, 1.82) is 5.26 Å². The van der Waals surface area contributed by atoms with Crippen molar-refractivity contribution >= 4 is 63.7 Å². The van der Waals surface area contributed by atoms with E-state index in [2.05, 4.69) is 20.6 Å². The molecule has 0 radical (unpaired) electrons. The first-order chi connectivity index (χ1) is 34.1. The Morgan fingerprint density at radius 1 is 0.972 bits per heavy atom. The number of hydrogen-bond acceptors (Lipinski definition) is 11. The van der Waals surface area contributed by atoms with Crippen LogP contribution in [0.25, 0.3) is 21.7 Å². The van der Waals surface area contributed by atoms with Gasteiger partial charge in [-0.15, -0.1) is 11.3 Å². The van der Waals surface area contributed by atoms with Gasteiger partial charge >= 0.3 is 6.18 Å². The van der Waals surface area contributed by atoms with Crippen LogP contribution in [0.4, 0.5) is 28.9 Å². The highest BCUT2D eigenvalue weighted by atomic mass is 32.1. The Labute approximate surface area is 424 Å². The molecule has 4 heterocycles. The van der Waals surface area contributed by atoms with Gasteiger partial charge in [0.25, 0.3) is 5.91 Å². The Hall–Kier alpha value is -6.82. The molecule has 2 N–H and O–H groups in total. The highest BCUT2D eigenvalue weighted by Gasteiger charge is 2.52. The van der Waals surface area contributed by atoms with Crippen molar-refractivity contribution in [1.82, 2.24) is 25.5 Å². The number of aryl methyl sites for hydroxylation is 1. The van der Waals surface area contributed by atoms with Crippen LogP contribution in [-0.4, -0.2) is 87.6 Å². The second-order valence-corrected chi connectivity index (χ2v) is 20.2. The molecule has 3 aromatic carbocycles. The van der Waals surface area contributed by atoms with Gasteiger partial charge in [-0.05, 0) is 124 Å². The lowest BCUT2D eigenvalue weighted by Gasteiger charge is -2.35. The SMILES string of the molecule is Cc1ncsc1-c1ccc(CNC(=O)[C@@H]2CCCN2C(=O)[C@@H](NC(=O)COCCCCOc2ccc(-c3ccc(N4C(=S)N(c5ccc(C#N)c(C(F)(F)F)c5F)C(=O)C4(C)C)cn3)cc2)C(C)(C)C)cc1. The van der Waals surface area contributed by atoms with Crippen LogP contribution < -0.4 is 25.2 Å². The summed E-state index contributed by atoms with van der Waals surface area (Å²) < 4.78 is 68.3. The molecular weight excluding hydrogens is 973 g/mol. The number of rotatable bonds is 17. The molecule has 0 saturated carbocycles. The monoisotopic (exact) mass is 1030 g/mol. The van der Waals surface area contributed by atoms with E-state index in [0.717, 1.165) is 39.4 Å². The number of carbonyl (C=O) groups excluding carboxylic acids is 4. The molecule has 0 spiro atoms. The molecule has 2 atom stereocenters. The Balaban J connectivity index is 0.840. The third-order valence-electron chi connectivity index (χ3n) is 12.5. The number of nitriles is 1. The third kappa shape index (κ3) is 11.6. The molecule has 2 saturated heterocycles. The Kier molecular flexibility index (Phi) is 16.1. The highest BCUT2D eigenvalue weighted by Crippen LogP contribution is 2.42. The second kappa shape index (κ2) is 21.9. The maximum Gasteiger partial charge on any atom is 0.420 e. The second-order valence-electron chi connectivity index (χ2n) is 19.0. The molecule has 2 aliphatic heterocycles. The molecular formula is C52H54F4N8O6S2. The number of unbranched alkanes of at least 4 members (excludes halogenated alkanes) is 1. The molecule has 2 aromatic heterocycles. The van der Waals surface area contributed by atoms with Crippen molar-refractivity contribution < 1.29 is 46.2 Å². The summed E-state index contributed by atoms with van der Waals surface area (Å²) in [6, 6.07) is 20.0. The van der Waals surface area contributed by atoms with E-state index >= 15 is 4.39 Å². The van der Waals surface area contributed by atoms with E-state index in [9.17, 15) is 37.6 Å². The van der Waals surface area contributed by atoms with Gasteiger partial charge < -0.3 is 29.9 Å². The highest BCUT2D eigenvalue weighted by molar-refractivity contribution is 7.81. The summed E-state index contributed by atoms with van der Waals surface area (Å²) in [5, 5.41) is 14.8. The summed E-state index contributed by atoms with van der Waals surface area (Å²) in [6.07, 6.45) is -1.32. The summed E-state index contributed by atoms with van der Waals surface area (Å²) in [4.78, 5) is 67.6. The molecule has 4 amide bonds. The number of aromatic nitrogens is 2. The van der Waals surface area contributed by atoms with E-state index < -0.39 is 63.7 Å². The minimum absolute atomic E-state index is 0.236. The minimum Gasteiger partial charge on any atom is -0.494 e. The smallest absolute Gasteiger partial charge is 0.420 e. The standard InChI is InChI=1S/C52H54F4N8O6S2/c1-31-44(72-30-60-31)34-13-11-32(12-14-34)27-59-46(66)40-10-9-23-62(40)47(67)45(50(2,3)4)61-41(65)29-69-24-7-8-25-70-37-19-15-33(16-20-37)38-21-18-36(28-58-38)64-49(71)63(48(68)51(64,5)6)39-22-17-35(26-57)42(43(39)53)52(54,55)56/h11-22,28,30,40,45H,7-10,23-25,27,29H2,1-6H3,(H,59,66)(H,61,65)/t40-,45+/m0/s1. The first-order valence-corrected chi connectivity index (χ1v) is 24.5. The zero-order valence-electron chi connectivity index (χ0n) is 40.6. The average molecular weight is 1030 g/mol. The van der Waals surface area contributed by atoms with Gasteiger partial charge in [-0.3, -0.25) is 29.1 Å². The molecule has 0 unspecified atom stereocenters. The lowest BCUT2D eigenvalue weighted by molar-refractivity contribution is -0.144. The topological polar surface area (TPSA) is 170 Å². The number of alkyl halides is 3. The number of thiazole rings is 1. The van der Waals surface area contributed by atoms with Gasteiger partial charge in [0.05, 0.1) is 57.6 Å². The number of anilines is 2. The van der Waals surface area contributed by atoms with E-state index in [1.807, 2.05) is 69.6 Å². The van der Waals surface area contributed by atoms with Crippen molar-refractivity contribution in [2.45, 2.75) is 97.6 Å². The molecule has 7 rings (SSSR count). The third-order valence-corrected chi connectivity index (χ3v) is 13.8. The average Bonchev–Trinajstić information content (AvgIpc) is 4.05. The molecule has 378 valence electrons. The number of halogens is 4. The number of pyridine rings is 1. The van der Waals surface area contributed by atoms with Crippen molar-refractivity contribution in [2.24, 2.45) is 5.41 Å². The number of carbonyl (C=O) groups is 4. The lowest BCUT2D eigenvalue weighted by atomic mass is 9.85. The number of ether oxygens (including phenoxy) is 2. The minimum atomic E-state index is -5.19. The van der Waals surface area contributed by atoms with Crippen LogP contribution in [-0.2, 0) is 36.6 Å². The van der Waals surface area contributed by atoms with E-state index in [-0.39, 0.29) is 30.1 Å². The Bertz CT molecular complexity index is 2860. The Morgan fingerprint density at radius 2 is 1.67 bits per heavy atom. The summed E-state index contributed by atoms with van der Waals surface area (Å²) in [5.74, 6) is -2.93. The van der Waals surface area contributed by atoms with Gasteiger partial charge in [-0.1, -0.05) is 45.0 Å². The summed E-state index contributed by atoms with van der Waals surface area (Å²) in [5.41, 5.74) is 0.917. The van der Waals surface area contributed by atoms with Gasteiger partial charge in [-0.2, -0.15) is 18.4 Å². The van der Waals surface area contributed by atoms with E-state index in [1.165, 1.54) is 31.0 Å². The quantitative estimate of drug-likeness (QED) is 0.0518. The van der Waals surface area contributed by atoms with Crippen LogP contribution in [0.2, 0.25) is 0 Å². The van der Waals surface area contributed by atoms with Gasteiger partial charge in [0.1, 0.15) is 35.5 Å². The molecule has 14 nitrogen and oxygen atoms in total. The predicted molar refractivity (Wildman–Crippen MR) is 268 cm³/mol. The lowest BCUT2D eigenvalue weighted by Crippen LogP contribution is -2.58. The van der Waals surface area contributed by atoms with Crippen LogP contribution >= 0.6 is 23.6 Å². The van der Waals surface area contributed by atoms with Crippen molar-refractivity contribution in [3.8, 4) is 33.5 Å². The van der Waals surface area contributed by atoms with Gasteiger partial charge in [0.2, 0.25) is 17.7 Å². The van der Waals surface area contributed by atoms with Gasteiger partial charge in [0.15, 0.2) is 10.9 Å². The molecule has 2 aliphatic rings. The summed E-state index contributed by atoms with van der Waals surface area (Å²) >= 11 is 7.12. The van der Waals surface area contributed by atoms with Crippen LogP contribution in [0.15, 0.2) is 84.5 Å². The molecule has 0 bridgehead atoms. The first kappa shape index (κ1) is 53.0. The summed E-state index contributed by atoms with van der Waals surface area (Å²) in [7, 11) is 0. The largest absolute Gasteiger partial charge is 0.494 e.